The molecule has 1 nitrogen and oxygen atoms in total. The Morgan fingerprint density at radius 2 is 2.30 bits per heavy atom. The summed E-state index contributed by atoms with van der Waals surface area (Å²) in [4.78, 5) is 1.68. The van der Waals surface area contributed by atoms with Crippen LogP contribution in [-0.2, 0) is 0 Å². The first-order valence-electron chi connectivity index (χ1n) is 4.24. The minimum atomic E-state index is 0.536. The van der Waals surface area contributed by atoms with Crippen molar-refractivity contribution in [3.8, 4) is 0 Å². The smallest absolute Gasteiger partial charge is 0.0995 e. The van der Waals surface area contributed by atoms with Crippen molar-refractivity contribution in [1.82, 2.24) is 0 Å². The molecular formula is C9H16N+. The van der Waals surface area contributed by atoms with Gasteiger partial charge in [-0.1, -0.05) is 0 Å². The average molecular weight is 138 g/mol. The molecular weight excluding hydrogens is 122 g/mol. The van der Waals surface area contributed by atoms with Gasteiger partial charge in [-0.05, 0) is 26.3 Å². The van der Waals surface area contributed by atoms with Crippen LogP contribution in [0.15, 0.2) is 12.3 Å². The Morgan fingerprint density at radius 3 is 2.90 bits per heavy atom. The van der Waals surface area contributed by atoms with Crippen LogP contribution < -0.4 is 4.90 Å². The number of quaternary nitrogens is 1. The molecule has 2 bridgehead atoms. The normalized spacial score (nSPS) is 42.2. The summed E-state index contributed by atoms with van der Waals surface area (Å²) in [6.45, 7) is 6.14. The Labute approximate surface area is 62.7 Å². The van der Waals surface area contributed by atoms with E-state index in [2.05, 4.69) is 26.1 Å². The van der Waals surface area contributed by atoms with Crippen LogP contribution >= 0.6 is 0 Å². The zero-order chi connectivity index (χ0) is 7.19. The van der Waals surface area contributed by atoms with Crippen molar-refractivity contribution < 1.29 is 4.90 Å². The van der Waals surface area contributed by atoms with Gasteiger partial charge in [-0.15, -0.1) is 0 Å². The van der Waals surface area contributed by atoms with E-state index in [4.69, 9.17) is 0 Å². The van der Waals surface area contributed by atoms with E-state index in [1.54, 1.807) is 4.90 Å². The highest BCUT2D eigenvalue weighted by atomic mass is 15.2. The molecule has 56 valence electrons. The first-order chi connectivity index (χ1) is 4.71. The second-order valence-corrected chi connectivity index (χ2v) is 4.12. The fraction of sp³-hybridized carbons (Fsp3) is 0.778. The lowest BCUT2D eigenvalue weighted by atomic mass is 9.84. The van der Waals surface area contributed by atoms with Crippen molar-refractivity contribution in [2.75, 3.05) is 6.54 Å². The molecule has 0 aromatic rings. The van der Waals surface area contributed by atoms with Crippen molar-refractivity contribution in [2.45, 2.75) is 32.2 Å². The molecule has 1 fully saturated rings. The molecule has 0 spiro atoms. The summed E-state index contributed by atoms with van der Waals surface area (Å²) >= 11 is 0. The highest BCUT2D eigenvalue weighted by Crippen LogP contribution is 2.27. The summed E-state index contributed by atoms with van der Waals surface area (Å²) < 4.78 is 0. The minimum absolute atomic E-state index is 0.536. The predicted octanol–water partition coefficient (Wildman–Crippen LogP) is 0.587. The van der Waals surface area contributed by atoms with Crippen LogP contribution in [0.25, 0.3) is 0 Å². The second-order valence-electron chi connectivity index (χ2n) is 4.12. The van der Waals surface area contributed by atoms with Crippen LogP contribution in [0.1, 0.15) is 26.7 Å². The lowest BCUT2D eigenvalue weighted by molar-refractivity contribution is -0.889. The van der Waals surface area contributed by atoms with Gasteiger partial charge in [-0.2, -0.15) is 0 Å². The molecule has 0 saturated carbocycles. The number of fused-ring (bicyclic) bond motifs is 2. The SMILES string of the molecule is CC1(C)C2CC=C[NH+]1CC2. The summed E-state index contributed by atoms with van der Waals surface area (Å²) in [7, 11) is 0. The monoisotopic (exact) mass is 138 g/mol. The van der Waals surface area contributed by atoms with E-state index in [9.17, 15) is 0 Å². The van der Waals surface area contributed by atoms with E-state index in [0.29, 0.717) is 5.54 Å². The fourth-order valence-corrected chi connectivity index (χ4v) is 2.36. The molecule has 1 N–H and O–H groups in total. The standard InChI is InChI=1S/C9H15N/c1-9(2)8-4-3-6-10(9)7-5-8/h3,6,8H,4-5,7H2,1-2H3/p+1. The molecule has 2 aliphatic rings. The van der Waals surface area contributed by atoms with E-state index in [1.807, 2.05) is 0 Å². The topological polar surface area (TPSA) is 4.44 Å². The van der Waals surface area contributed by atoms with E-state index < -0.39 is 0 Å². The first-order valence-corrected chi connectivity index (χ1v) is 4.24. The second kappa shape index (κ2) is 1.85. The highest BCUT2D eigenvalue weighted by Gasteiger charge is 2.45. The summed E-state index contributed by atoms with van der Waals surface area (Å²) in [5.74, 6) is 0.951. The fourth-order valence-electron chi connectivity index (χ4n) is 2.36. The third kappa shape index (κ3) is 0.671. The summed E-state index contributed by atoms with van der Waals surface area (Å²) in [5.41, 5.74) is 0.536. The van der Waals surface area contributed by atoms with Crippen LogP contribution in [0.2, 0.25) is 0 Å². The summed E-state index contributed by atoms with van der Waals surface area (Å²) in [5, 5.41) is 0. The molecule has 0 aromatic carbocycles. The first kappa shape index (κ1) is 6.41. The average Bonchev–Trinajstić information content (AvgIpc) is 2.17. The highest BCUT2D eigenvalue weighted by molar-refractivity contribution is 4.94. The molecule has 0 aliphatic carbocycles. The third-order valence-corrected chi connectivity index (χ3v) is 3.35. The number of allylic oxidation sites excluding steroid dienone is 1. The van der Waals surface area contributed by atoms with Gasteiger partial charge in [0.15, 0.2) is 0 Å². The molecule has 2 rings (SSSR count). The Balaban J connectivity index is 2.32. The Kier molecular flexibility index (Phi) is 1.19. The zero-order valence-corrected chi connectivity index (χ0v) is 6.85. The van der Waals surface area contributed by atoms with Gasteiger partial charge in [0.05, 0.1) is 18.3 Å². The maximum atomic E-state index is 2.39. The van der Waals surface area contributed by atoms with Gasteiger partial charge in [0, 0.05) is 12.3 Å². The van der Waals surface area contributed by atoms with Crippen molar-refractivity contribution in [1.29, 1.82) is 0 Å². The van der Waals surface area contributed by atoms with Gasteiger partial charge in [-0.3, -0.25) is 0 Å². The van der Waals surface area contributed by atoms with Gasteiger partial charge in [0.1, 0.15) is 0 Å². The lowest BCUT2D eigenvalue weighted by Crippen LogP contribution is -3.14. The van der Waals surface area contributed by atoms with Gasteiger partial charge >= 0.3 is 0 Å². The molecule has 10 heavy (non-hydrogen) atoms. The van der Waals surface area contributed by atoms with E-state index in [-0.39, 0.29) is 0 Å². The number of hydrogen-bond donors (Lipinski definition) is 1. The third-order valence-electron chi connectivity index (χ3n) is 3.35. The van der Waals surface area contributed by atoms with Crippen molar-refractivity contribution in [2.24, 2.45) is 5.92 Å². The van der Waals surface area contributed by atoms with Crippen LogP contribution in [0.4, 0.5) is 0 Å². The zero-order valence-electron chi connectivity index (χ0n) is 6.85. The van der Waals surface area contributed by atoms with Gasteiger partial charge in [-0.25, -0.2) is 0 Å². The van der Waals surface area contributed by atoms with Crippen LogP contribution in [0, 0.1) is 5.92 Å². The van der Waals surface area contributed by atoms with Crippen LogP contribution in [0.5, 0.6) is 0 Å². The summed E-state index contributed by atoms with van der Waals surface area (Å²) in [6, 6.07) is 0. The molecule has 2 atom stereocenters. The van der Waals surface area contributed by atoms with Crippen LogP contribution in [0.3, 0.4) is 0 Å². The molecule has 1 saturated heterocycles. The van der Waals surface area contributed by atoms with Gasteiger partial charge in [0.2, 0.25) is 0 Å². The summed E-state index contributed by atoms with van der Waals surface area (Å²) in [6.07, 6.45) is 7.44. The van der Waals surface area contributed by atoms with Crippen molar-refractivity contribution in [3.05, 3.63) is 12.3 Å². The number of rotatable bonds is 0. The van der Waals surface area contributed by atoms with Crippen molar-refractivity contribution in [3.63, 3.8) is 0 Å². The molecule has 2 heterocycles. The van der Waals surface area contributed by atoms with Crippen LogP contribution in [-0.4, -0.2) is 12.1 Å². The predicted molar refractivity (Wildman–Crippen MR) is 41.8 cm³/mol. The van der Waals surface area contributed by atoms with E-state index in [0.717, 1.165) is 5.92 Å². The Morgan fingerprint density at radius 1 is 1.50 bits per heavy atom. The van der Waals surface area contributed by atoms with E-state index >= 15 is 0 Å². The minimum Gasteiger partial charge on any atom is -0.304 e. The van der Waals surface area contributed by atoms with Gasteiger partial charge < -0.3 is 4.90 Å². The molecule has 0 aromatic heterocycles. The number of hydrogen-bond acceptors (Lipinski definition) is 0. The van der Waals surface area contributed by atoms with E-state index in [1.165, 1.54) is 19.4 Å². The maximum Gasteiger partial charge on any atom is 0.0995 e. The lowest BCUT2D eigenvalue weighted by Gasteiger charge is -2.32. The molecule has 0 amide bonds. The molecule has 2 aliphatic heterocycles. The largest absolute Gasteiger partial charge is 0.304 e. The molecule has 1 heteroatoms. The quantitative estimate of drug-likeness (QED) is 0.499. The molecule has 2 unspecified atom stereocenters. The Hall–Kier alpha value is -0.300. The number of nitrogens with one attached hydrogen (secondary N) is 1. The maximum absolute atomic E-state index is 2.39. The molecule has 0 radical (unpaired) electrons. The Bertz CT molecular complexity index is 170. The van der Waals surface area contributed by atoms with Crippen molar-refractivity contribution >= 4 is 0 Å². The van der Waals surface area contributed by atoms with Gasteiger partial charge in [0.25, 0.3) is 0 Å².